The van der Waals surface area contributed by atoms with E-state index in [1.807, 2.05) is 0 Å². The smallest absolute Gasteiger partial charge is 0.269 e. The third-order valence-corrected chi connectivity index (χ3v) is 3.56. The van der Waals surface area contributed by atoms with Crippen LogP contribution >= 0.6 is 15.9 Å². The maximum Gasteiger partial charge on any atom is 0.269 e. The lowest BCUT2D eigenvalue weighted by atomic mass is 9.90. The highest BCUT2D eigenvalue weighted by molar-refractivity contribution is 9.10. The molecule has 1 aliphatic rings. The Balaban J connectivity index is 3.15. The summed E-state index contributed by atoms with van der Waals surface area (Å²) in [5.74, 6) is -3.71. The Morgan fingerprint density at radius 1 is 1.44 bits per heavy atom. The van der Waals surface area contributed by atoms with Gasteiger partial charge in [-0.05, 0) is 15.9 Å². The first kappa shape index (κ1) is 14.0. The number of rotatable bonds is 2. The molecular weight excluding hydrogens is 288 g/mol. The maximum absolute atomic E-state index is 11.2. The van der Waals surface area contributed by atoms with Gasteiger partial charge in [0.1, 0.15) is 18.3 Å². The van der Waals surface area contributed by atoms with Gasteiger partial charge in [0.2, 0.25) is 4.51 Å². The molecule has 1 aliphatic heterocycles. The largest absolute Gasteiger partial charge is 0.394 e. The van der Waals surface area contributed by atoms with Gasteiger partial charge in [-0.1, -0.05) is 0 Å². The highest BCUT2D eigenvalue weighted by Crippen LogP contribution is 2.41. The number of ketones is 1. The van der Waals surface area contributed by atoms with Crippen LogP contribution in [0.5, 0.6) is 0 Å². The van der Waals surface area contributed by atoms with Crippen LogP contribution in [-0.2, 0) is 9.53 Å². The predicted octanol–water partition coefficient (Wildman–Crippen LogP) is -2.54. The molecule has 1 rings (SSSR count). The predicted molar refractivity (Wildman–Crippen MR) is 53.5 cm³/mol. The van der Waals surface area contributed by atoms with Gasteiger partial charge < -0.3 is 30.3 Å². The maximum atomic E-state index is 11.2. The van der Waals surface area contributed by atoms with Crippen LogP contribution in [0.25, 0.3) is 0 Å². The van der Waals surface area contributed by atoms with Crippen LogP contribution in [0.3, 0.4) is 0 Å². The van der Waals surface area contributed by atoms with E-state index in [9.17, 15) is 25.2 Å². The summed E-state index contributed by atoms with van der Waals surface area (Å²) >= 11 is 2.55. The fraction of sp³-hybridized carbons (Fsp3) is 0.875. The summed E-state index contributed by atoms with van der Waals surface area (Å²) in [6.45, 7) is 0.210. The van der Waals surface area contributed by atoms with Gasteiger partial charge in [0, 0.05) is 6.92 Å². The number of Topliss-reactive ketones (excluding diaryl/α,β-unsaturated/α-hetero) is 1. The van der Waals surface area contributed by atoms with Crippen LogP contribution in [-0.4, -0.2) is 66.5 Å². The molecule has 7 nitrogen and oxygen atoms in total. The quantitative estimate of drug-likeness (QED) is 0.356. The lowest BCUT2D eigenvalue weighted by Crippen LogP contribution is -2.72. The molecule has 0 bridgehead atoms. The molecule has 0 radical (unpaired) electrons. The molecule has 0 aromatic rings. The molecule has 0 aromatic heterocycles. The van der Waals surface area contributed by atoms with Crippen molar-refractivity contribution >= 4 is 21.7 Å². The van der Waals surface area contributed by atoms with E-state index in [2.05, 4.69) is 15.9 Å². The molecular formula is C8H13BrO7. The zero-order valence-electron chi connectivity index (χ0n) is 8.37. The summed E-state index contributed by atoms with van der Waals surface area (Å²) in [5, 5.41) is 47.4. The van der Waals surface area contributed by atoms with Crippen LogP contribution in [0.15, 0.2) is 0 Å². The molecule has 5 atom stereocenters. The SMILES string of the molecule is CC(=O)[C@@]1(O)O[C@H](CO)[C@H](O)[C@H](O)[C@@]1(O)Br. The first-order valence-corrected chi connectivity index (χ1v) is 5.27. The molecule has 0 amide bonds. The van der Waals surface area contributed by atoms with Crippen molar-refractivity contribution in [2.75, 3.05) is 6.61 Å². The van der Waals surface area contributed by atoms with E-state index >= 15 is 0 Å². The molecule has 5 N–H and O–H groups in total. The van der Waals surface area contributed by atoms with Crippen molar-refractivity contribution in [2.45, 2.75) is 35.5 Å². The van der Waals surface area contributed by atoms with Crippen LogP contribution in [0, 0.1) is 0 Å². The van der Waals surface area contributed by atoms with E-state index in [1.54, 1.807) is 0 Å². The van der Waals surface area contributed by atoms with Gasteiger partial charge in [0.25, 0.3) is 5.79 Å². The highest BCUT2D eigenvalue weighted by atomic mass is 79.9. The number of carbonyl (C=O) groups is 1. The van der Waals surface area contributed by atoms with E-state index in [1.165, 1.54) is 0 Å². The molecule has 1 heterocycles. The number of carbonyl (C=O) groups excluding carboxylic acids is 1. The third kappa shape index (κ3) is 1.80. The van der Waals surface area contributed by atoms with Gasteiger partial charge in [0.15, 0.2) is 5.78 Å². The Morgan fingerprint density at radius 3 is 2.31 bits per heavy atom. The van der Waals surface area contributed by atoms with E-state index < -0.39 is 41.0 Å². The first-order valence-electron chi connectivity index (χ1n) is 4.48. The van der Waals surface area contributed by atoms with Gasteiger partial charge in [-0.3, -0.25) is 4.79 Å². The van der Waals surface area contributed by atoms with Crippen molar-refractivity contribution in [3.05, 3.63) is 0 Å². The van der Waals surface area contributed by atoms with Crippen molar-refractivity contribution in [3.63, 3.8) is 0 Å². The molecule has 16 heavy (non-hydrogen) atoms. The summed E-state index contributed by atoms with van der Waals surface area (Å²) in [5.41, 5.74) is 0. The molecule has 8 heteroatoms. The zero-order chi connectivity index (χ0) is 12.7. The van der Waals surface area contributed by atoms with Crippen LogP contribution < -0.4 is 0 Å². The van der Waals surface area contributed by atoms with Crippen molar-refractivity contribution in [1.82, 2.24) is 0 Å². The van der Waals surface area contributed by atoms with E-state index in [0.29, 0.717) is 0 Å². The summed E-state index contributed by atoms with van der Waals surface area (Å²) < 4.78 is 2.19. The number of hydrogen-bond donors (Lipinski definition) is 5. The minimum Gasteiger partial charge on any atom is -0.394 e. The van der Waals surface area contributed by atoms with Crippen LogP contribution in [0.4, 0.5) is 0 Å². The average Bonchev–Trinajstić information content (AvgIpc) is 2.21. The molecule has 0 saturated carbocycles. The second-order valence-corrected chi connectivity index (χ2v) is 4.86. The lowest BCUT2D eigenvalue weighted by Gasteiger charge is -2.48. The number of alkyl halides is 1. The normalized spacial score (nSPS) is 49.1. The fourth-order valence-electron chi connectivity index (χ4n) is 1.48. The molecule has 0 aliphatic carbocycles. The van der Waals surface area contributed by atoms with Gasteiger partial charge in [-0.15, -0.1) is 0 Å². The fourth-order valence-corrected chi connectivity index (χ4v) is 2.12. The van der Waals surface area contributed by atoms with Crippen LogP contribution in [0.1, 0.15) is 6.92 Å². The summed E-state index contributed by atoms with van der Waals surface area (Å²) in [6, 6.07) is 0. The molecule has 0 aromatic carbocycles. The zero-order valence-corrected chi connectivity index (χ0v) is 9.96. The number of hydrogen-bond acceptors (Lipinski definition) is 7. The van der Waals surface area contributed by atoms with Gasteiger partial charge >= 0.3 is 0 Å². The molecule has 0 unspecified atom stereocenters. The topological polar surface area (TPSA) is 127 Å². The average molecular weight is 301 g/mol. The standard InChI is InChI=1S/C8H13BrO7/c1-3(11)8(15)7(9,14)6(13)5(12)4(2-10)16-8/h4-6,10,12-15H,2H2,1H3/t4-,5+,6+,7+,8-/m1/s1. The van der Waals surface area contributed by atoms with Gasteiger partial charge in [-0.2, -0.15) is 0 Å². The molecule has 1 saturated heterocycles. The summed E-state index contributed by atoms with van der Waals surface area (Å²) in [7, 11) is 0. The number of halogens is 1. The number of aliphatic hydroxyl groups is 5. The Bertz CT molecular complexity index is 294. The molecule has 0 spiro atoms. The van der Waals surface area contributed by atoms with E-state index in [0.717, 1.165) is 6.92 Å². The number of ether oxygens (including phenoxy) is 1. The Hall–Kier alpha value is -0.0900. The van der Waals surface area contributed by atoms with Gasteiger partial charge in [0.05, 0.1) is 6.61 Å². The Morgan fingerprint density at radius 2 is 1.94 bits per heavy atom. The second-order valence-electron chi connectivity index (χ2n) is 3.65. The monoisotopic (exact) mass is 300 g/mol. The van der Waals surface area contributed by atoms with E-state index in [-0.39, 0.29) is 0 Å². The van der Waals surface area contributed by atoms with Crippen molar-refractivity contribution in [3.8, 4) is 0 Å². The Kier molecular flexibility index (Phi) is 3.75. The first-order chi connectivity index (χ1) is 7.18. The van der Waals surface area contributed by atoms with Crippen molar-refractivity contribution in [2.24, 2.45) is 0 Å². The molecule has 94 valence electrons. The lowest BCUT2D eigenvalue weighted by molar-refractivity contribution is -0.339. The highest BCUT2D eigenvalue weighted by Gasteiger charge is 2.64. The van der Waals surface area contributed by atoms with Crippen LogP contribution in [0.2, 0.25) is 0 Å². The second kappa shape index (κ2) is 4.30. The van der Waals surface area contributed by atoms with E-state index in [4.69, 9.17) is 9.84 Å². The number of aliphatic hydroxyl groups excluding tert-OH is 3. The minimum absolute atomic E-state index is 0.725. The van der Waals surface area contributed by atoms with Crippen molar-refractivity contribution < 1.29 is 35.1 Å². The summed E-state index contributed by atoms with van der Waals surface area (Å²) in [4.78, 5) is 11.2. The van der Waals surface area contributed by atoms with Crippen molar-refractivity contribution in [1.29, 1.82) is 0 Å². The Labute approximate surface area is 99.4 Å². The van der Waals surface area contributed by atoms with Gasteiger partial charge in [-0.25, -0.2) is 0 Å². The third-order valence-electron chi connectivity index (χ3n) is 2.55. The molecule has 1 fully saturated rings. The summed E-state index contributed by atoms with van der Waals surface area (Å²) in [6.07, 6.45) is -4.91. The minimum atomic E-state index is -2.74.